The first-order chi connectivity index (χ1) is 16.4. The number of aromatic nitrogens is 3. The zero-order valence-corrected chi connectivity index (χ0v) is 18.2. The molecule has 2 N–H and O–H groups in total. The van der Waals surface area contributed by atoms with Crippen LogP contribution in [0.4, 0.5) is 8.78 Å². The van der Waals surface area contributed by atoms with Crippen molar-refractivity contribution >= 4 is 21.7 Å². The normalized spacial score (nSPS) is 22.5. The second kappa shape index (κ2) is 7.73. The van der Waals surface area contributed by atoms with Crippen molar-refractivity contribution in [3.05, 3.63) is 48.4 Å². The quantitative estimate of drug-likeness (QED) is 0.464. The molecular formula is C25H22F2N4O3. The minimum Gasteiger partial charge on any atom is -0.508 e. The number of alkyl halides is 1. The Labute approximate surface area is 193 Å². The molecule has 7 nitrogen and oxygen atoms in total. The molecule has 0 amide bonds. The highest BCUT2D eigenvalue weighted by molar-refractivity contribution is 5.99. The van der Waals surface area contributed by atoms with Crippen LogP contribution < -0.4 is 4.74 Å². The van der Waals surface area contributed by atoms with E-state index in [0.29, 0.717) is 23.9 Å². The third-order valence-corrected chi connectivity index (χ3v) is 6.98. The number of phenolic OH excluding ortho intramolecular Hbond substituents is 1. The van der Waals surface area contributed by atoms with Crippen molar-refractivity contribution < 1.29 is 23.7 Å². The Morgan fingerprint density at radius 2 is 2.00 bits per heavy atom. The number of nitrogens with zero attached hydrogens (tertiary/aromatic N) is 4. The smallest absolute Gasteiger partial charge is 0.320 e. The molecule has 0 saturated carbocycles. The topological polar surface area (TPSA) is 91.6 Å². The third kappa shape index (κ3) is 3.30. The molecule has 6 rings (SSSR count). The minimum atomic E-state index is -0.905. The molecule has 0 unspecified atom stereocenters. The van der Waals surface area contributed by atoms with Crippen LogP contribution in [0.3, 0.4) is 0 Å². The summed E-state index contributed by atoms with van der Waals surface area (Å²) in [4.78, 5) is 14.5. The molecule has 2 aromatic carbocycles. The van der Waals surface area contributed by atoms with Crippen molar-refractivity contribution in [3.8, 4) is 28.9 Å². The molecule has 9 heteroatoms. The van der Waals surface area contributed by atoms with Gasteiger partial charge in [-0.25, -0.2) is 8.78 Å². The molecule has 2 aliphatic rings. The van der Waals surface area contributed by atoms with Crippen molar-refractivity contribution in [2.24, 2.45) is 0 Å². The standard InChI is InChI=1S/C25H22F2N4O3/c26-15-10-25(6-3-7-31(25)12-15)13-34-24-29-22-19(23(33)30-24)11-28-21(20(22)27)18-9-16(32)8-14-4-1-2-5-17(14)18/h1-2,4-5,8-9,11,15,32H,3,6-7,10,12-13H2,(H,29,30,33)/t15-,25+/m0/s1. The molecule has 0 bridgehead atoms. The summed E-state index contributed by atoms with van der Waals surface area (Å²) < 4.78 is 35.6. The first-order valence-electron chi connectivity index (χ1n) is 11.2. The van der Waals surface area contributed by atoms with Gasteiger partial charge in [-0.15, -0.1) is 0 Å². The van der Waals surface area contributed by atoms with Crippen LogP contribution in [0.25, 0.3) is 32.9 Å². The Morgan fingerprint density at radius 1 is 1.15 bits per heavy atom. The molecule has 2 saturated heterocycles. The Morgan fingerprint density at radius 3 is 2.88 bits per heavy atom. The monoisotopic (exact) mass is 464 g/mol. The maximum Gasteiger partial charge on any atom is 0.320 e. The third-order valence-electron chi connectivity index (χ3n) is 6.98. The van der Waals surface area contributed by atoms with Crippen LogP contribution in [-0.2, 0) is 0 Å². The molecule has 2 atom stereocenters. The molecule has 34 heavy (non-hydrogen) atoms. The Kier molecular flexibility index (Phi) is 4.77. The summed E-state index contributed by atoms with van der Waals surface area (Å²) in [5, 5.41) is 22.1. The molecule has 2 fully saturated rings. The highest BCUT2D eigenvalue weighted by Crippen LogP contribution is 2.41. The number of ether oxygens (including phenoxy) is 1. The first kappa shape index (κ1) is 21.0. The van der Waals surface area contributed by atoms with Gasteiger partial charge in [-0.3, -0.25) is 9.88 Å². The van der Waals surface area contributed by atoms with Gasteiger partial charge in [-0.05, 0) is 42.3 Å². The van der Waals surface area contributed by atoms with E-state index in [-0.39, 0.29) is 35.0 Å². The molecule has 2 aromatic heterocycles. The van der Waals surface area contributed by atoms with Crippen molar-refractivity contribution in [2.75, 3.05) is 19.7 Å². The summed E-state index contributed by atoms with van der Waals surface area (Å²) >= 11 is 0. The fourth-order valence-electron chi connectivity index (χ4n) is 5.41. The molecule has 4 heterocycles. The Balaban J connectivity index is 1.41. The number of hydrogen-bond donors (Lipinski definition) is 2. The van der Waals surface area contributed by atoms with E-state index in [0.717, 1.165) is 24.8 Å². The van der Waals surface area contributed by atoms with Gasteiger partial charge in [0.2, 0.25) is 5.88 Å². The number of aromatic hydroxyl groups is 2. The molecule has 4 aromatic rings. The van der Waals surface area contributed by atoms with Crippen molar-refractivity contribution in [3.63, 3.8) is 0 Å². The van der Waals surface area contributed by atoms with Crippen molar-refractivity contribution in [1.82, 2.24) is 19.9 Å². The van der Waals surface area contributed by atoms with Crippen LogP contribution >= 0.6 is 0 Å². The summed E-state index contributed by atoms with van der Waals surface area (Å²) in [6, 6.07) is 10.1. The number of hydrogen-bond acceptors (Lipinski definition) is 7. The molecule has 0 spiro atoms. The molecular weight excluding hydrogens is 442 g/mol. The first-order valence-corrected chi connectivity index (χ1v) is 11.2. The number of phenols is 1. The van der Waals surface area contributed by atoms with Gasteiger partial charge in [0.15, 0.2) is 5.82 Å². The van der Waals surface area contributed by atoms with E-state index in [2.05, 4.69) is 19.9 Å². The van der Waals surface area contributed by atoms with Crippen LogP contribution in [0, 0.1) is 5.82 Å². The molecule has 2 aliphatic heterocycles. The number of pyridine rings is 1. The van der Waals surface area contributed by atoms with Crippen LogP contribution in [0.15, 0.2) is 42.6 Å². The number of halogens is 2. The average molecular weight is 464 g/mol. The highest BCUT2D eigenvalue weighted by atomic mass is 19.1. The van der Waals surface area contributed by atoms with Gasteiger partial charge in [0.05, 0.1) is 10.9 Å². The number of benzene rings is 2. The van der Waals surface area contributed by atoms with Crippen LogP contribution in [0.1, 0.15) is 19.3 Å². The predicted octanol–water partition coefficient (Wildman–Crippen LogP) is 4.35. The van der Waals surface area contributed by atoms with E-state index in [1.807, 2.05) is 24.3 Å². The van der Waals surface area contributed by atoms with Crippen LogP contribution in [-0.4, -0.2) is 61.5 Å². The zero-order chi connectivity index (χ0) is 23.4. The molecule has 0 radical (unpaired) electrons. The summed E-state index contributed by atoms with van der Waals surface area (Å²) in [6.45, 7) is 1.36. The summed E-state index contributed by atoms with van der Waals surface area (Å²) in [6.07, 6.45) is 2.53. The lowest BCUT2D eigenvalue weighted by Gasteiger charge is -2.30. The lowest BCUT2D eigenvalue weighted by atomic mass is 9.95. The van der Waals surface area contributed by atoms with E-state index < -0.39 is 23.4 Å². The van der Waals surface area contributed by atoms with Gasteiger partial charge in [0, 0.05) is 24.7 Å². The number of rotatable bonds is 4. The van der Waals surface area contributed by atoms with E-state index in [4.69, 9.17) is 4.74 Å². The Bertz CT molecular complexity index is 1430. The lowest BCUT2D eigenvalue weighted by Crippen LogP contribution is -2.43. The van der Waals surface area contributed by atoms with E-state index in [1.165, 1.54) is 12.3 Å². The van der Waals surface area contributed by atoms with Crippen LogP contribution in [0.2, 0.25) is 0 Å². The SMILES string of the molecule is Oc1cc(-c2ncc3c(O)nc(OC[C@]45CCCN4C[C@@H](F)C5)nc3c2F)c2ccccc2c1. The Hall–Kier alpha value is -3.59. The predicted molar refractivity (Wildman–Crippen MR) is 122 cm³/mol. The molecule has 174 valence electrons. The van der Waals surface area contributed by atoms with Gasteiger partial charge in [0.25, 0.3) is 0 Å². The van der Waals surface area contributed by atoms with E-state index in [9.17, 15) is 14.6 Å². The van der Waals surface area contributed by atoms with Gasteiger partial charge in [-0.1, -0.05) is 24.3 Å². The second-order valence-electron chi connectivity index (χ2n) is 9.09. The molecule has 0 aliphatic carbocycles. The van der Waals surface area contributed by atoms with Gasteiger partial charge in [-0.2, -0.15) is 9.97 Å². The average Bonchev–Trinajstić information content (AvgIpc) is 3.33. The van der Waals surface area contributed by atoms with E-state index in [1.54, 1.807) is 6.07 Å². The van der Waals surface area contributed by atoms with Crippen molar-refractivity contribution in [2.45, 2.75) is 31.0 Å². The van der Waals surface area contributed by atoms with Gasteiger partial charge < -0.3 is 14.9 Å². The van der Waals surface area contributed by atoms with Crippen molar-refractivity contribution in [1.29, 1.82) is 0 Å². The highest BCUT2D eigenvalue weighted by Gasteiger charge is 2.49. The fourth-order valence-corrected chi connectivity index (χ4v) is 5.41. The number of fused-ring (bicyclic) bond motifs is 3. The summed E-state index contributed by atoms with van der Waals surface area (Å²) in [7, 11) is 0. The van der Waals surface area contributed by atoms with Crippen LogP contribution in [0.5, 0.6) is 17.6 Å². The largest absolute Gasteiger partial charge is 0.508 e. The summed E-state index contributed by atoms with van der Waals surface area (Å²) in [5.41, 5.74) is -0.178. The lowest BCUT2D eigenvalue weighted by molar-refractivity contribution is 0.107. The second-order valence-corrected chi connectivity index (χ2v) is 9.09. The maximum atomic E-state index is 15.7. The fraction of sp³-hybridized carbons (Fsp3) is 0.320. The maximum absolute atomic E-state index is 15.7. The van der Waals surface area contributed by atoms with Gasteiger partial charge in [0.1, 0.15) is 29.7 Å². The van der Waals surface area contributed by atoms with E-state index >= 15 is 4.39 Å². The van der Waals surface area contributed by atoms with Gasteiger partial charge >= 0.3 is 6.01 Å². The summed E-state index contributed by atoms with van der Waals surface area (Å²) in [5.74, 6) is -1.23. The zero-order valence-electron chi connectivity index (χ0n) is 18.2. The minimum absolute atomic E-state index is 0.0136.